The Hall–Kier alpha value is -7.50. The van der Waals surface area contributed by atoms with E-state index in [9.17, 15) is 0 Å². The Morgan fingerprint density at radius 2 is 1.09 bits per heavy atom. The Morgan fingerprint density at radius 3 is 1.89 bits per heavy atom. The molecule has 55 heavy (non-hydrogen) atoms. The molecule has 0 atom stereocenters. The monoisotopic (exact) mass is 700 g/mol. The maximum Gasteiger partial charge on any atom is 0.180 e. The molecule has 13 rings (SSSR count). The molecule has 8 aromatic carbocycles. The third-order valence-electron chi connectivity index (χ3n) is 11.6. The second kappa shape index (κ2) is 10.6. The van der Waals surface area contributed by atoms with Crippen molar-refractivity contribution in [1.82, 2.24) is 18.9 Å². The molecule has 0 spiro atoms. The minimum absolute atomic E-state index is 0.664. The number of nitrogens with zero attached hydrogens (tertiary/aromatic N) is 4. The van der Waals surface area contributed by atoms with Crippen LogP contribution in [0.15, 0.2) is 174 Å². The molecule has 0 amide bonds. The van der Waals surface area contributed by atoms with Crippen LogP contribution < -0.4 is 0 Å². The van der Waals surface area contributed by atoms with Crippen molar-refractivity contribution >= 4 is 92.7 Å². The number of para-hydroxylation sites is 4. The van der Waals surface area contributed by atoms with E-state index in [-0.39, 0.29) is 0 Å². The van der Waals surface area contributed by atoms with Crippen molar-refractivity contribution in [2.24, 2.45) is 0 Å². The van der Waals surface area contributed by atoms with Crippen LogP contribution in [0.3, 0.4) is 0 Å². The summed E-state index contributed by atoms with van der Waals surface area (Å²) < 4.78 is 11.3. The summed E-state index contributed by atoms with van der Waals surface area (Å²) in [6.07, 6.45) is 0. The molecule has 0 bridgehead atoms. The second-order valence-corrected chi connectivity index (χ2v) is 14.5. The Labute approximate surface area is 313 Å². The summed E-state index contributed by atoms with van der Waals surface area (Å²) in [6.45, 7) is 0. The highest BCUT2D eigenvalue weighted by Gasteiger charge is 2.24. The Kier molecular flexibility index (Phi) is 5.57. The van der Waals surface area contributed by atoms with Gasteiger partial charge in [0.15, 0.2) is 11.4 Å². The molecule has 0 unspecified atom stereocenters. The number of hydrogen-bond acceptors (Lipinski definition) is 3. The average molecular weight is 701 g/mol. The van der Waals surface area contributed by atoms with E-state index in [2.05, 4.69) is 142 Å². The summed E-state index contributed by atoms with van der Waals surface area (Å²) in [4.78, 5) is 10.3. The molecule has 5 heteroatoms. The summed E-state index contributed by atoms with van der Waals surface area (Å²) in [6, 6.07) is 60.5. The second-order valence-electron chi connectivity index (χ2n) is 14.5. The fraction of sp³-hybridized carbons (Fsp3) is 0. The largest absolute Gasteiger partial charge is 0.452 e. The van der Waals surface area contributed by atoms with Gasteiger partial charge in [-0.15, -0.1) is 0 Å². The van der Waals surface area contributed by atoms with Gasteiger partial charge in [0, 0.05) is 59.9 Å². The molecule has 5 nitrogen and oxygen atoms in total. The average Bonchev–Trinajstić information content (AvgIpc) is 3.99. The zero-order chi connectivity index (χ0) is 35.8. The summed E-state index contributed by atoms with van der Waals surface area (Å²) in [7, 11) is 0. The van der Waals surface area contributed by atoms with Gasteiger partial charge in [-0.3, -0.25) is 0 Å². The van der Waals surface area contributed by atoms with Gasteiger partial charge in [0.05, 0.1) is 27.6 Å². The molecular weight excluding hydrogens is 673 g/mol. The van der Waals surface area contributed by atoms with E-state index in [1.165, 1.54) is 70.7 Å². The van der Waals surface area contributed by atoms with Crippen molar-refractivity contribution in [3.63, 3.8) is 0 Å². The first-order valence-corrected chi connectivity index (χ1v) is 18.7. The lowest BCUT2D eigenvalue weighted by Gasteiger charge is -2.12. The van der Waals surface area contributed by atoms with E-state index in [4.69, 9.17) is 14.4 Å². The van der Waals surface area contributed by atoms with E-state index >= 15 is 0 Å². The molecule has 13 aromatic rings. The number of fused-ring (bicyclic) bond motifs is 15. The van der Waals surface area contributed by atoms with Crippen molar-refractivity contribution in [2.45, 2.75) is 0 Å². The molecule has 0 aliphatic carbocycles. The van der Waals surface area contributed by atoms with E-state index in [0.29, 0.717) is 11.4 Å². The first-order valence-electron chi connectivity index (χ1n) is 18.7. The van der Waals surface area contributed by atoms with Gasteiger partial charge in [-0.2, -0.15) is 0 Å². The lowest BCUT2D eigenvalue weighted by Crippen LogP contribution is -1.97. The van der Waals surface area contributed by atoms with Crippen LogP contribution in [0.1, 0.15) is 0 Å². The zero-order valence-corrected chi connectivity index (χ0v) is 29.4. The fourth-order valence-electron chi connectivity index (χ4n) is 9.32. The smallest absolute Gasteiger partial charge is 0.180 e. The molecular formula is C50H28N4O. The van der Waals surface area contributed by atoms with Crippen LogP contribution in [0.25, 0.3) is 121 Å². The molecule has 254 valence electrons. The molecule has 0 saturated heterocycles. The van der Waals surface area contributed by atoms with Gasteiger partial charge in [0.25, 0.3) is 0 Å². The van der Waals surface area contributed by atoms with Gasteiger partial charge in [-0.25, -0.2) is 9.97 Å². The number of hydrogen-bond donors (Lipinski definition) is 0. The molecule has 0 aliphatic rings. The molecule has 0 fully saturated rings. The van der Waals surface area contributed by atoms with Crippen molar-refractivity contribution in [2.75, 3.05) is 0 Å². The van der Waals surface area contributed by atoms with Gasteiger partial charge in [-0.05, 0) is 66.0 Å². The Balaban J connectivity index is 1.09. The highest BCUT2D eigenvalue weighted by Crippen LogP contribution is 2.47. The predicted octanol–water partition coefficient (Wildman–Crippen LogP) is 13.1. The third kappa shape index (κ3) is 3.81. The summed E-state index contributed by atoms with van der Waals surface area (Å²) >= 11 is 0. The minimum atomic E-state index is 0.664. The topological polar surface area (TPSA) is 48.3 Å². The van der Waals surface area contributed by atoms with Gasteiger partial charge in [0.1, 0.15) is 16.8 Å². The van der Waals surface area contributed by atoms with Crippen LogP contribution in [0, 0.1) is 0 Å². The number of benzene rings is 8. The normalized spacial score (nSPS) is 12.4. The van der Waals surface area contributed by atoms with Gasteiger partial charge in [-0.1, -0.05) is 109 Å². The minimum Gasteiger partial charge on any atom is -0.452 e. The van der Waals surface area contributed by atoms with E-state index in [1.807, 2.05) is 36.4 Å². The standard InChI is InChI=1S/C50H28N4O/c1-2-12-29(13-3-1)45-49-46(37-17-7-11-21-42(37)55-49)52-50(51-45)30-22-25-32(26-23-30)53-39-18-8-4-14-33(39)35-27-24-31-28-38-34-15-5-9-19-40(34)54-41-20-10-6-16-36(41)44(48(38)54)43(31)47(35)53/h1-28H. The van der Waals surface area contributed by atoms with Crippen LogP contribution in [0.5, 0.6) is 0 Å². The van der Waals surface area contributed by atoms with Crippen molar-refractivity contribution < 1.29 is 4.42 Å². The quantitative estimate of drug-likeness (QED) is 0.184. The van der Waals surface area contributed by atoms with Crippen LogP contribution >= 0.6 is 0 Å². The molecule has 0 saturated carbocycles. The summed E-state index contributed by atoms with van der Waals surface area (Å²) in [5.41, 5.74) is 12.3. The molecule has 5 aromatic heterocycles. The maximum atomic E-state index is 6.37. The fourth-order valence-corrected chi connectivity index (χ4v) is 9.32. The lowest BCUT2D eigenvalue weighted by atomic mass is 9.97. The van der Waals surface area contributed by atoms with Crippen LogP contribution in [-0.4, -0.2) is 18.9 Å². The maximum absolute atomic E-state index is 6.37. The summed E-state index contributed by atoms with van der Waals surface area (Å²) in [5, 5.41) is 11.1. The SMILES string of the molecule is c1ccc(-c2nc(-c3ccc(-n4c5ccccc5c5ccc6cc7c8ccccc8n8c9ccccc9c(c6c54)c78)cc3)nc3c2oc2ccccc23)cc1. The lowest BCUT2D eigenvalue weighted by molar-refractivity contribution is 0.667. The van der Waals surface area contributed by atoms with E-state index in [0.717, 1.165) is 39.0 Å². The van der Waals surface area contributed by atoms with E-state index in [1.54, 1.807) is 0 Å². The first-order chi connectivity index (χ1) is 27.3. The van der Waals surface area contributed by atoms with Crippen LogP contribution in [0.2, 0.25) is 0 Å². The highest BCUT2D eigenvalue weighted by molar-refractivity contribution is 6.36. The zero-order valence-electron chi connectivity index (χ0n) is 29.4. The van der Waals surface area contributed by atoms with Crippen molar-refractivity contribution in [3.8, 4) is 28.3 Å². The molecule has 0 aliphatic heterocycles. The third-order valence-corrected chi connectivity index (χ3v) is 11.6. The summed E-state index contributed by atoms with van der Waals surface area (Å²) in [5.74, 6) is 0.664. The molecule has 0 N–H and O–H groups in total. The molecule has 5 heterocycles. The molecule has 0 radical (unpaired) electrons. The number of rotatable bonds is 3. The van der Waals surface area contributed by atoms with Gasteiger partial charge < -0.3 is 13.4 Å². The van der Waals surface area contributed by atoms with Crippen molar-refractivity contribution in [1.29, 1.82) is 0 Å². The Bertz CT molecular complexity index is 3700. The van der Waals surface area contributed by atoms with E-state index < -0.39 is 0 Å². The van der Waals surface area contributed by atoms with Crippen LogP contribution in [-0.2, 0) is 0 Å². The number of aromatic nitrogens is 4. The highest BCUT2D eigenvalue weighted by atomic mass is 16.3. The van der Waals surface area contributed by atoms with Gasteiger partial charge >= 0.3 is 0 Å². The predicted molar refractivity (Wildman–Crippen MR) is 227 cm³/mol. The van der Waals surface area contributed by atoms with Crippen molar-refractivity contribution in [3.05, 3.63) is 170 Å². The number of furan rings is 1. The van der Waals surface area contributed by atoms with Crippen LogP contribution in [0.4, 0.5) is 0 Å². The first kappa shape index (κ1) is 29.0. The Morgan fingerprint density at radius 1 is 0.436 bits per heavy atom. The van der Waals surface area contributed by atoms with Gasteiger partial charge in [0.2, 0.25) is 0 Å².